The molecular weight excluding hydrogens is 268 g/mol. The van der Waals surface area contributed by atoms with Gasteiger partial charge in [0, 0.05) is 23.8 Å². The monoisotopic (exact) mass is 292 g/mol. The molecular formula is C17H25ClN2. The minimum Gasteiger partial charge on any atom is -0.241 e. The molecule has 0 aliphatic heterocycles. The Balaban J connectivity index is 1.84. The van der Waals surface area contributed by atoms with Crippen molar-refractivity contribution >= 4 is 11.6 Å². The number of aryl methyl sites for hydroxylation is 1. The lowest BCUT2D eigenvalue weighted by Gasteiger charge is -2.25. The Morgan fingerprint density at radius 1 is 1.15 bits per heavy atom. The average molecular weight is 293 g/mol. The lowest BCUT2D eigenvalue weighted by molar-refractivity contribution is 0.366. The predicted molar refractivity (Wildman–Crippen MR) is 85.0 cm³/mol. The van der Waals surface area contributed by atoms with Crippen LogP contribution in [0.2, 0.25) is 0 Å². The molecule has 2 nitrogen and oxygen atoms in total. The van der Waals surface area contributed by atoms with Gasteiger partial charge in [0.15, 0.2) is 0 Å². The number of hydrogen-bond acceptors (Lipinski definition) is 2. The Morgan fingerprint density at radius 2 is 1.85 bits per heavy atom. The first-order valence-electron chi connectivity index (χ1n) is 7.91. The number of hydrogen-bond donors (Lipinski definition) is 0. The molecule has 1 saturated carbocycles. The van der Waals surface area contributed by atoms with E-state index in [0.717, 1.165) is 12.2 Å². The number of nitrogens with zero attached hydrogens (tertiary/aromatic N) is 2. The second-order valence-electron chi connectivity index (χ2n) is 5.84. The van der Waals surface area contributed by atoms with Gasteiger partial charge < -0.3 is 0 Å². The van der Waals surface area contributed by atoms with Crippen LogP contribution in [0.5, 0.6) is 0 Å². The van der Waals surface area contributed by atoms with Gasteiger partial charge in [-0.05, 0) is 50.0 Å². The number of halogens is 1. The molecule has 1 fully saturated rings. The normalized spacial score (nSPS) is 23.3. The molecule has 2 rings (SSSR count). The van der Waals surface area contributed by atoms with Gasteiger partial charge in [-0.1, -0.05) is 37.4 Å². The van der Waals surface area contributed by atoms with Crippen molar-refractivity contribution < 1.29 is 0 Å². The summed E-state index contributed by atoms with van der Waals surface area (Å²) in [6, 6.07) is 0. The molecule has 0 radical (unpaired) electrons. The van der Waals surface area contributed by atoms with Crippen LogP contribution in [0, 0.1) is 5.92 Å². The van der Waals surface area contributed by atoms with Crippen molar-refractivity contribution in [3.8, 4) is 0 Å². The van der Waals surface area contributed by atoms with Gasteiger partial charge in [-0.2, -0.15) is 0 Å². The van der Waals surface area contributed by atoms with E-state index in [2.05, 4.69) is 23.0 Å². The van der Waals surface area contributed by atoms with Crippen molar-refractivity contribution in [3.05, 3.63) is 35.4 Å². The topological polar surface area (TPSA) is 25.8 Å². The van der Waals surface area contributed by atoms with Gasteiger partial charge in [-0.3, -0.25) is 0 Å². The SMILES string of the molecule is CCCCCc1cnc(C2CCC(/C=C/Cl)CC2)nc1. The maximum atomic E-state index is 5.65. The van der Waals surface area contributed by atoms with E-state index in [0.29, 0.717) is 11.8 Å². The summed E-state index contributed by atoms with van der Waals surface area (Å²) in [6.07, 6.45) is 15.9. The van der Waals surface area contributed by atoms with Crippen LogP contribution in [0.25, 0.3) is 0 Å². The predicted octanol–water partition coefficient (Wildman–Crippen LogP) is 5.24. The Labute approximate surface area is 127 Å². The maximum Gasteiger partial charge on any atom is 0.131 e. The summed E-state index contributed by atoms with van der Waals surface area (Å²) in [6.45, 7) is 2.23. The highest BCUT2D eigenvalue weighted by molar-refractivity contribution is 6.25. The molecule has 110 valence electrons. The van der Waals surface area contributed by atoms with Crippen molar-refractivity contribution in [3.63, 3.8) is 0 Å². The van der Waals surface area contributed by atoms with Gasteiger partial charge >= 0.3 is 0 Å². The third-order valence-corrected chi connectivity index (χ3v) is 4.42. The lowest BCUT2D eigenvalue weighted by atomic mass is 9.81. The van der Waals surface area contributed by atoms with Gasteiger partial charge in [-0.25, -0.2) is 9.97 Å². The minimum absolute atomic E-state index is 0.541. The first kappa shape index (κ1) is 15.5. The molecule has 0 unspecified atom stereocenters. The third-order valence-electron chi connectivity index (χ3n) is 4.28. The van der Waals surface area contributed by atoms with Crippen LogP contribution in [0.15, 0.2) is 24.0 Å². The van der Waals surface area contributed by atoms with Gasteiger partial charge in [0.25, 0.3) is 0 Å². The van der Waals surface area contributed by atoms with Gasteiger partial charge in [-0.15, -0.1) is 0 Å². The second kappa shape index (κ2) is 8.41. The summed E-state index contributed by atoms with van der Waals surface area (Å²) in [5.74, 6) is 2.23. The fourth-order valence-electron chi connectivity index (χ4n) is 2.96. The van der Waals surface area contributed by atoms with Crippen LogP contribution < -0.4 is 0 Å². The zero-order valence-corrected chi connectivity index (χ0v) is 13.1. The molecule has 0 bridgehead atoms. The molecule has 20 heavy (non-hydrogen) atoms. The highest BCUT2D eigenvalue weighted by atomic mass is 35.5. The Hall–Kier alpha value is -0.890. The van der Waals surface area contributed by atoms with E-state index >= 15 is 0 Å². The largest absolute Gasteiger partial charge is 0.241 e. The van der Waals surface area contributed by atoms with Crippen LogP contribution in [0.1, 0.15) is 69.2 Å². The number of rotatable bonds is 6. The fourth-order valence-corrected chi connectivity index (χ4v) is 3.16. The smallest absolute Gasteiger partial charge is 0.131 e. The van der Waals surface area contributed by atoms with Crippen molar-refractivity contribution in [1.82, 2.24) is 9.97 Å². The van der Waals surface area contributed by atoms with E-state index < -0.39 is 0 Å². The molecule has 3 heteroatoms. The maximum absolute atomic E-state index is 5.65. The lowest BCUT2D eigenvalue weighted by Crippen LogP contribution is -2.14. The first-order valence-corrected chi connectivity index (χ1v) is 8.34. The molecule has 1 aliphatic carbocycles. The van der Waals surface area contributed by atoms with Gasteiger partial charge in [0.1, 0.15) is 5.82 Å². The standard InChI is InChI=1S/C17H25ClN2/c1-2-3-4-5-15-12-19-17(20-13-15)16-8-6-14(7-9-16)10-11-18/h10-14,16H,2-9H2,1H3/b11-10+. The number of allylic oxidation sites excluding steroid dienone is 1. The second-order valence-corrected chi connectivity index (χ2v) is 6.09. The quantitative estimate of drug-likeness (QED) is 0.670. The van der Waals surface area contributed by atoms with E-state index in [4.69, 9.17) is 11.6 Å². The summed E-state index contributed by atoms with van der Waals surface area (Å²) < 4.78 is 0. The fraction of sp³-hybridized carbons (Fsp3) is 0.647. The van der Waals surface area contributed by atoms with Crippen LogP contribution in [0.3, 0.4) is 0 Å². The Morgan fingerprint density at radius 3 is 2.45 bits per heavy atom. The van der Waals surface area contributed by atoms with Gasteiger partial charge in [0.05, 0.1) is 0 Å². The van der Waals surface area contributed by atoms with Crippen molar-refractivity contribution in [1.29, 1.82) is 0 Å². The van der Waals surface area contributed by atoms with Gasteiger partial charge in [0.2, 0.25) is 0 Å². The molecule has 0 aromatic carbocycles. The van der Waals surface area contributed by atoms with Crippen molar-refractivity contribution in [2.45, 2.75) is 64.2 Å². The van der Waals surface area contributed by atoms with Crippen molar-refractivity contribution in [2.24, 2.45) is 5.92 Å². The zero-order valence-electron chi connectivity index (χ0n) is 12.4. The Bertz CT molecular complexity index is 406. The molecule has 1 aliphatic rings. The molecule has 1 aromatic heterocycles. The van der Waals surface area contributed by atoms with Crippen LogP contribution >= 0.6 is 11.6 Å². The van der Waals surface area contributed by atoms with E-state index in [-0.39, 0.29) is 0 Å². The number of unbranched alkanes of at least 4 members (excludes halogenated alkanes) is 2. The summed E-state index contributed by atoms with van der Waals surface area (Å²) in [5.41, 5.74) is 2.94. The summed E-state index contributed by atoms with van der Waals surface area (Å²) >= 11 is 5.65. The minimum atomic E-state index is 0.541. The van der Waals surface area contributed by atoms with E-state index in [1.54, 1.807) is 5.54 Å². The highest BCUT2D eigenvalue weighted by Crippen LogP contribution is 2.34. The van der Waals surface area contributed by atoms with Crippen LogP contribution in [-0.2, 0) is 6.42 Å². The van der Waals surface area contributed by atoms with E-state index in [1.807, 2.05) is 12.4 Å². The molecule has 0 spiro atoms. The average Bonchev–Trinajstić information content (AvgIpc) is 2.49. The molecule has 0 N–H and O–H groups in total. The molecule has 0 atom stereocenters. The molecule has 0 saturated heterocycles. The van der Waals surface area contributed by atoms with Crippen LogP contribution in [-0.4, -0.2) is 9.97 Å². The third kappa shape index (κ3) is 4.59. The molecule has 1 aromatic rings. The van der Waals surface area contributed by atoms with Crippen LogP contribution in [0.4, 0.5) is 0 Å². The molecule has 0 amide bonds. The van der Waals surface area contributed by atoms with Crippen molar-refractivity contribution in [2.75, 3.05) is 0 Å². The summed E-state index contributed by atoms with van der Waals surface area (Å²) in [5, 5.41) is 0. The first-order chi connectivity index (χ1) is 9.83. The van der Waals surface area contributed by atoms with E-state index in [1.165, 1.54) is 50.5 Å². The zero-order chi connectivity index (χ0) is 14.2. The summed E-state index contributed by atoms with van der Waals surface area (Å²) in [7, 11) is 0. The highest BCUT2D eigenvalue weighted by Gasteiger charge is 2.22. The Kier molecular flexibility index (Phi) is 6.52. The molecule has 1 heterocycles. The number of aromatic nitrogens is 2. The van der Waals surface area contributed by atoms with E-state index in [9.17, 15) is 0 Å². The summed E-state index contributed by atoms with van der Waals surface area (Å²) in [4.78, 5) is 9.19.